The molecule has 0 aliphatic carbocycles. The number of guanidine groups is 1. The number of nitrogens with zero attached hydrogens (tertiary/aromatic N) is 4. The van der Waals surface area contributed by atoms with E-state index < -0.39 is 6.04 Å². The fraction of sp³-hybridized carbons (Fsp3) is 0.111. The molecule has 0 radical (unpaired) electrons. The summed E-state index contributed by atoms with van der Waals surface area (Å²) in [5.74, 6) is 0.934. The Kier molecular flexibility index (Phi) is 5.21. The van der Waals surface area contributed by atoms with E-state index >= 15 is 0 Å². The molecule has 1 unspecified atom stereocenters. The highest BCUT2D eigenvalue weighted by molar-refractivity contribution is 6.32. The molecule has 1 aliphatic heterocycles. The molecule has 2 heterocycles. The molecule has 1 atom stereocenters. The fourth-order valence-corrected chi connectivity index (χ4v) is 3.02. The molecule has 2 aromatic rings. The van der Waals surface area contributed by atoms with Crippen LogP contribution in [0.15, 0.2) is 35.8 Å². The van der Waals surface area contributed by atoms with Gasteiger partial charge in [-0.2, -0.15) is 10.5 Å². The number of pyridine rings is 1. The SMILES string of the molecule is C=CCOc1ccc(C2N=C(NC#N)Nc3nc(N)c(C#N)c(N)c32)cc1Cl. The molecule has 0 saturated heterocycles. The van der Waals surface area contributed by atoms with Gasteiger partial charge in [0.05, 0.1) is 10.7 Å². The summed E-state index contributed by atoms with van der Waals surface area (Å²) in [5.41, 5.74) is 13.4. The molecule has 0 amide bonds. The van der Waals surface area contributed by atoms with Crippen LogP contribution in [0.1, 0.15) is 22.7 Å². The average molecular weight is 395 g/mol. The van der Waals surface area contributed by atoms with E-state index in [0.717, 1.165) is 0 Å². The lowest BCUT2D eigenvalue weighted by molar-refractivity contribution is 0.363. The number of hydrogen-bond donors (Lipinski definition) is 4. The van der Waals surface area contributed by atoms with Gasteiger partial charge in [0, 0.05) is 5.56 Å². The van der Waals surface area contributed by atoms with Crippen molar-refractivity contribution < 1.29 is 4.74 Å². The number of halogens is 1. The van der Waals surface area contributed by atoms with Crippen molar-refractivity contribution in [3.63, 3.8) is 0 Å². The number of aromatic nitrogens is 1. The van der Waals surface area contributed by atoms with E-state index in [9.17, 15) is 5.26 Å². The van der Waals surface area contributed by atoms with Crippen LogP contribution < -0.4 is 26.8 Å². The van der Waals surface area contributed by atoms with Gasteiger partial charge in [0.25, 0.3) is 0 Å². The van der Waals surface area contributed by atoms with Crippen molar-refractivity contribution in [2.75, 3.05) is 23.4 Å². The zero-order chi connectivity index (χ0) is 20.3. The second kappa shape index (κ2) is 7.74. The Morgan fingerprint density at radius 3 is 2.82 bits per heavy atom. The van der Waals surface area contributed by atoms with E-state index in [2.05, 4.69) is 27.2 Å². The number of nitrogens with one attached hydrogen (secondary N) is 2. The van der Waals surface area contributed by atoms with Gasteiger partial charge in [-0.15, -0.1) is 0 Å². The molecule has 1 aliphatic rings. The molecule has 140 valence electrons. The van der Waals surface area contributed by atoms with Gasteiger partial charge in [0.15, 0.2) is 6.19 Å². The summed E-state index contributed by atoms with van der Waals surface area (Å²) in [6.07, 6.45) is 3.40. The number of fused-ring (bicyclic) bond motifs is 1. The first kappa shape index (κ1) is 18.8. The average Bonchev–Trinajstić information content (AvgIpc) is 2.66. The summed E-state index contributed by atoms with van der Waals surface area (Å²) in [5, 5.41) is 23.9. The number of benzene rings is 1. The Balaban J connectivity index is 2.15. The van der Waals surface area contributed by atoms with Gasteiger partial charge in [-0.3, -0.25) is 5.32 Å². The summed E-state index contributed by atoms with van der Waals surface area (Å²) >= 11 is 6.32. The third-order valence-corrected chi connectivity index (χ3v) is 4.28. The number of nitrogens with two attached hydrogens (primary N) is 2. The minimum absolute atomic E-state index is 0.0191. The minimum atomic E-state index is -0.668. The molecular weight excluding hydrogens is 380 g/mol. The maximum absolute atomic E-state index is 9.35. The highest BCUT2D eigenvalue weighted by Crippen LogP contribution is 2.41. The molecule has 0 bridgehead atoms. The molecular formula is C18H15ClN8O. The molecule has 0 saturated carbocycles. The zero-order valence-corrected chi connectivity index (χ0v) is 15.3. The van der Waals surface area contributed by atoms with Crippen LogP contribution in [0.2, 0.25) is 5.02 Å². The molecule has 3 rings (SSSR count). The molecule has 1 aromatic carbocycles. The summed E-state index contributed by atoms with van der Waals surface area (Å²) in [6, 6.07) is 6.42. The van der Waals surface area contributed by atoms with Crippen molar-refractivity contribution in [1.29, 1.82) is 10.5 Å². The van der Waals surface area contributed by atoms with E-state index in [-0.39, 0.29) is 23.0 Å². The van der Waals surface area contributed by atoms with Gasteiger partial charge in [0.1, 0.15) is 41.7 Å². The van der Waals surface area contributed by atoms with Crippen molar-refractivity contribution in [3.05, 3.63) is 52.6 Å². The predicted octanol–water partition coefficient (Wildman–Crippen LogP) is 2.28. The van der Waals surface area contributed by atoms with E-state index in [0.29, 0.717) is 34.3 Å². The number of ether oxygens (including phenoxy) is 1. The van der Waals surface area contributed by atoms with Gasteiger partial charge < -0.3 is 21.5 Å². The number of nitrogen functional groups attached to an aromatic ring is 2. The van der Waals surface area contributed by atoms with Crippen LogP contribution in [0.4, 0.5) is 17.3 Å². The maximum Gasteiger partial charge on any atom is 0.211 e. The monoisotopic (exact) mass is 394 g/mol. The van der Waals surface area contributed by atoms with Crippen LogP contribution >= 0.6 is 11.6 Å². The molecule has 0 spiro atoms. The Morgan fingerprint density at radius 2 is 2.18 bits per heavy atom. The summed E-state index contributed by atoms with van der Waals surface area (Å²) in [6.45, 7) is 3.91. The number of anilines is 3. The largest absolute Gasteiger partial charge is 0.488 e. The number of rotatable bonds is 4. The Morgan fingerprint density at radius 1 is 1.39 bits per heavy atom. The van der Waals surface area contributed by atoms with E-state index in [4.69, 9.17) is 33.1 Å². The molecule has 0 fully saturated rings. The first-order valence-electron chi connectivity index (χ1n) is 8.02. The second-order valence-electron chi connectivity index (χ2n) is 5.69. The van der Waals surface area contributed by atoms with Gasteiger partial charge >= 0.3 is 0 Å². The normalized spacial score (nSPS) is 14.5. The first-order chi connectivity index (χ1) is 13.5. The molecule has 1 aromatic heterocycles. The van der Waals surface area contributed by atoms with E-state index in [1.54, 1.807) is 30.5 Å². The van der Waals surface area contributed by atoms with Gasteiger partial charge in [-0.05, 0) is 17.7 Å². The van der Waals surface area contributed by atoms with Crippen molar-refractivity contribution in [2.45, 2.75) is 6.04 Å². The third-order valence-electron chi connectivity index (χ3n) is 3.99. The van der Waals surface area contributed by atoms with Crippen LogP contribution in [0, 0.1) is 22.8 Å². The lowest BCUT2D eigenvalue weighted by Crippen LogP contribution is -2.32. The number of hydrogen-bond acceptors (Lipinski definition) is 9. The molecule has 28 heavy (non-hydrogen) atoms. The third kappa shape index (κ3) is 3.34. The molecule has 9 nitrogen and oxygen atoms in total. The highest BCUT2D eigenvalue weighted by Gasteiger charge is 2.30. The van der Waals surface area contributed by atoms with Crippen LogP contribution in [-0.4, -0.2) is 17.6 Å². The van der Waals surface area contributed by atoms with Gasteiger partial charge in [-0.1, -0.05) is 30.3 Å². The molecule has 10 heteroatoms. The first-order valence-corrected chi connectivity index (χ1v) is 8.40. The van der Waals surface area contributed by atoms with Crippen LogP contribution in [0.5, 0.6) is 5.75 Å². The van der Waals surface area contributed by atoms with Crippen LogP contribution in [0.25, 0.3) is 0 Å². The lowest BCUT2D eigenvalue weighted by Gasteiger charge is -2.26. The van der Waals surface area contributed by atoms with Crippen molar-refractivity contribution in [3.8, 4) is 18.0 Å². The van der Waals surface area contributed by atoms with Gasteiger partial charge in [-0.25, -0.2) is 9.98 Å². The van der Waals surface area contributed by atoms with Crippen molar-refractivity contribution in [2.24, 2.45) is 4.99 Å². The highest BCUT2D eigenvalue weighted by atomic mass is 35.5. The van der Waals surface area contributed by atoms with Crippen molar-refractivity contribution >= 4 is 34.9 Å². The number of nitriles is 2. The minimum Gasteiger partial charge on any atom is -0.488 e. The van der Waals surface area contributed by atoms with E-state index in [1.807, 2.05) is 6.07 Å². The van der Waals surface area contributed by atoms with E-state index in [1.165, 1.54) is 0 Å². The second-order valence-corrected chi connectivity index (χ2v) is 6.10. The fourth-order valence-electron chi connectivity index (χ4n) is 2.78. The Bertz CT molecular complexity index is 1070. The standard InChI is InChI=1S/C18H15ClN8O/c1-2-5-28-12-4-3-9(6-11(12)19)15-13-14(22)10(7-20)16(23)26-17(13)27-18(25-15)24-8-21/h2-4,6,15H,1,5H2,(H6,22,23,24,25,26,27). The van der Waals surface area contributed by atoms with Crippen molar-refractivity contribution in [1.82, 2.24) is 10.3 Å². The quantitative estimate of drug-likeness (QED) is 0.349. The lowest BCUT2D eigenvalue weighted by atomic mass is 9.95. The Hall–Kier alpha value is -3.95. The zero-order valence-electron chi connectivity index (χ0n) is 14.5. The predicted molar refractivity (Wildman–Crippen MR) is 107 cm³/mol. The van der Waals surface area contributed by atoms with Gasteiger partial charge in [0.2, 0.25) is 5.96 Å². The topological polar surface area (TPSA) is 158 Å². The van der Waals surface area contributed by atoms with Crippen LogP contribution in [-0.2, 0) is 0 Å². The smallest absolute Gasteiger partial charge is 0.211 e. The maximum atomic E-state index is 9.35. The summed E-state index contributed by atoms with van der Waals surface area (Å²) < 4.78 is 5.48. The summed E-state index contributed by atoms with van der Waals surface area (Å²) in [4.78, 5) is 8.67. The summed E-state index contributed by atoms with van der Waals surface area (Å²) in [7, 11) is 0. The molecule has 6 N–H and O–H groups in total. The van der Waals surface area contributed by atoms with Crippen LogP contribution in [0.3, 0.4) is 0 Å². The Labute approximate surface area is 165 Å². The number of aliphatic imine (C=N–C) groups is 1.